The van der Waals surface area contributed by atoms with Crippen LogP contribution in [-0.4, -0.2) is 51.2 Å². The molecule has 6 rings (SSSR count). The van der Waals surface area contributed by atoms with E-state index in [0.29, 0.717) is 5.92 Å². The average Bonchev–Trinajstić information content (AvgIpc) is 3.53. The van der Waals surface area contributed by atoms with Crippen LogP contribution in [0.4, 0.5) is 11.4 Å². The van der Waals surface area contributed by atoms with E-state index in [1.165, 1.54) is 44.4 Å². The minimum atomic E-state index is 0.254. The maximum absolute atomic E-state index is 3.45. The summed E-state index contributed by atoms with van der Waals surface area (Å²) in [7, 11) is 2.25. The monoisotopic (exact) mass is 470 g/mol. The van der Waals surface area contributed by atoms with E-state index < -0.39 is 0 Å². The zero-order chi connectivity index (χ0) is 23.1. The SMILES string of the molecule is Cc1cc2c(s1)C(N1CCC(c3ccccc3)C1)=CC(c1ccc(N3CCNCC3)cc1)N2C. The fraction of sp³-hybridized carbons (Fsp3) is 0.379. The molecule has 3 aliphatic heterocycles. The summed E-state index contributed by atoms with van der Waals surface area (Å²) in [4.78, 5) is 10.4. The summed E-state index contributed by atoms with van der Waals surface area (Å²) in [5.74, 6) is 0.614. The second kappa shape index (κ2) is 9.12. The summed E-state index contributed by atoms with van der Waals surface area (Å²) >= 11 is 1.94. The largest absolute Gasteiger partial charge is 0.370 e. The Morgan fingerprint density at radius 2 is 1.65 bits per heavy atom. The molecule has 4 nitrogen and oxygen atoms in total. The number of aryl methyl sites for hydroxylation is 1. The molecule has 3 aromatic rings. The summed E-state index contributed by atoms with van der Waals surface area (Å²) in [6, 6.07) is 23.0. The number of likely N-dealkylation sites (tertiary alicyclic amines) is 1. The highest BCUT2D eigenvalue weighted by atomic mass is 32.1. The van der Waals surface area contributed by atoms with Crippen LogP contribution >= 0.6 is 11.3 Å². The molecule has 5 heteroatoms. The summed E-state index contributed by atoms with van der Waals surface area (Å²) in [5.41, 5.74) is 6.98. The van der Waals surface area contributed by atoms with E-state index in [2.05, 4.69) is 101 Å². The van der Waals surface area contributed by atoms with Crippen LogP contribution in [0.15, 0.2) is 66.7 Å². The number of fused-ring (bicyclic) bond motifs is 1. The van der Waals surface area contributed by atoms with Crippen LogP contribution in [0, 0.1) is 6.92 Å². The molecule has 3 aliphatic rings. The number of thiophene rings is 1. The Kier molecular flexibility index (Phi) is 5.84. The second-order valence-electron chi connectivity index (χ2n) is 9.85. The van der Waals surface area contributed by atoms with Crippen LogP contribution in [-0.2, 0) is 0 Å². The van der Waals surface area contributed by atoms with Crippen molar-refractivity contribution in [1.29, 1.82) is 0 Å². The van der Waals surface area contributed by atoms with Gasteiger partial charge in [0.2, 0.25) is 0 Å². The van der Waals surface area contributed by atoms with Crippen molar-refractivity contribution in [1.82, 2.24) is 10.2 Å². The van der Waals surface area contributed by atoms with Gasteiger partial charge in [0.05, 0.1) is 22.3 Å². The first-order chi connectivity index (χ1) is 16.7. The lowest BCUT2D eigenvalue weighted by Crippen LogP contribution is -2.43. The van der Waals surface area contributed by atoms with Gasteiger partial charge >= 0.3 is 0 Å². The van der Waals surface area contributed by atoms with Crippen LogP contribution in [0.3, 0.4) is 0 Å². The molecule has 2 saturated heterocycles. The van der Waals surface area contributed by atoms with Crippen molar-refractivity contribution in [3.05, 3.63) is 87.6 Å². The van der Waals surface area contributed by atoms with Gasteiger partial charge in [-0.25, -0.2) is 0 Å². The molecule has 0 bridgehead atoms. The van der Waals surface area contributed by atoms with E-state index in [4.69, 9.17) is 0 Å². The van der Waals surface area contributed by atoms with Gasteiger partial charge in [-0.05, 0) is 48.7 Å². The molecule has 0 spiro atoms. The van der Waals surface area contributed by atoms with Crippen molar-refractivity contribution in [3.63, 3.8) is 0 Å². The molecule has 1 N–H and O–H groups in total. The van der Waals surface area contributed by atoms with Crippen LogP contribution in [0.5, 0.6) is 0 Å². The summed E-state index contributed by atoms with van der Waals surface area (Å²) in [6.45, 7) is 8.77. The number of anilines is 2. The van der Waals surface area contributed by atoms with E-state index in [0.717, 1.165) is 39.3 Å². The molecule has 1 aromatic heterocycles. The number of benzene rings is 2. The highest BCUT2D eigenvalue weighted by Gasteiger charge is 2.33. The summed E-state index contributed by atoms with van der Waals surface area (Å²) < 4.78 is 0. The lowest BCUT2D eigenvalue weighted by atomic mass is 9.98. The Morgan fingerprint density at radius 3 is 2.41 bits per heavy atom. The van der Waals surface area contributed by atoms with Crippen molar-refractivity contribution in [2.75, 3.05) is 56.1 Å². The number of nitrogens with zero attached hydrogens (tertiary/aromatic N) is 3. The molecular formula is C29H34N4S. The number of hydrogen-bond donors (Lipinski definition) is 1. The van der Waals surface area contributed by atoms with Gasteiger partial charge < -0.3 is 20.0 Å². The van der Waals surface area contributed by atoms with Gasteiger partial charge in [-0.3, -0.25) is 0 Å². The van der Waals surface area contributed by atoms with Crippen molar-refractivity contribution in [2.24, 2.45) is 0 Å². The van der Waals surface area contributed by atoms with Crippen LogP contribution < -0.4 is 15.1 Å². The maximum atomic E-state index is 3.45. The Labute approximate surface area is 207 Å². The molecule has 2 unspecified atom stereocenters. The molecule has 2 atom stereocenters. The summed E-state index contributed by atoms with van der Waals surface area (Å²) in [6.07, 6.45) is 3.74. The quantitative estimate of drug-likeness (QED) is 0.544. The molecule has 2 aromatic carbocycles. The molecule has 0 aliphatic carbocycles. The topological polar surface area (TPSA) is 21.8 Å². The Bertz CT molecular complexity index is 1160. The minimum absolute atomic E-state index is 0.254. The van der Waals surface area contributed by atoms with Gasteiger partial charge in [0, 0.05) is 62.8 Å². The molecule has 0 radical (unpaired) electrons. The van der Waals surface area contributed by atoms with E-state index in [1.54, 1.807) is 0 Å². The van der Waals surface area contributed by atoms with Gasteiger partial charge in [-0.1, -0.05) is 42.5 Å². The van der Waals surface area contributed by atoms with E-state index in [-0.39, 0.29) is 6.04 Å². The van der Waals surface area contributed by atoms with Gasteiger partial charge in [-0.15, -0.1) is 11.3 Å². The predicted octanol–water partition coefficient (Wildman–Crippen LogP) is 5.49. The minimum Gasteiger partial charge on any atom is -0.370 e. The molecule has 4 heterocycles. The average molecular weight is 471 g/mol. The van der Waals surface area contributed by atoms with Crippen molar-refractivity contribution >= 4 is 28.4 Å². The lowest BCUT2D eigenvalue weighted by Gasteiger charge is -2.36. The fourth-order valence-corrected chi connectivity index (χ4v) is 6.89. The summed E-state index contributed by atoms with van der Waals surface area (Å²) in [5, 5.41) is 3.45. The van der Waals surface area contributed by atoms with E-state index in [1.807, 2.05) is 11.3 Å². The van der Waals surface area contributed by atoms with E-state index in [9.17, 15) is 0 Å². The first-order valence-electron chi connectivity index (χ1n) is 12.6. The Balaban J connectivity index is 1.30. The highest BCUT2D eigenvalue weighted by Crippen LogP contribution is 2.47. The van der Waals surface area contributed by atoms with Crippen LogP contribution in [0.2, 0.25) is 0 Å². The van der Waals surface area contributed by atoms with Gasteiger partial charge in [-0.2, -0.15) is 0 Å². The number of rotatable bonds is 4. The Morgan fingerprint density at radius 1 is 0.882 bits per heavy atom. The molecule has 0 saturated carbocycles. The van der Waals surface area contributed by atoms with Crippen molar-refractivity contribution < 1.29 is 0 Å². The maximum Gasteiger partial charge on any atom is 0.0747 e. The number of piperazine rings is 1. The predicted molar refractivity (Wildman–Crippen MR) is 145 cm³/mol. The van der Waals surface area contributed by atoms with Gasteiger partial charge in [0.1, 0.15) is 0 Å². The molecule has 0 amide bonds. The fourth-order valence-electron chi connectivity index (χ4n) is 5.78. The molecule has 176 valence electrons. The van der Waals surface area contributed by atoms with Gasteiger partial charge in [0.25, 0.3) is 0 Å². The lowest BCUT2D eigenvalue weighted by molar-refractivity contribution is 0.481. The smallest absolute Gasteiger partial charge is 0.0747 e. The molecular weight excluding hydrogens is 436 g/mol. The third-order valence-corrected chi connectivity index (χ3v) is 8.76. The number of nitrogens with one attached hydrogen (secondary N) is 1. The zero-order valence-electron chi connectivity index (χ0n) is 20.2. The van der Waals surface area contributed by atoms with Crippen LogP contribution in [0.1, 0.15) is 39.3 Å². The Hall–Kier alpha value is -2.76. The molecule has 2 fully saturated rings. The van der Waals surface area contributed by atoms with E-state index >= 15 is 0 Å². The van der Waals surface area contributed by atoms with Crippen molar-refractivity contribution in [2.45, 2.75) is 25.3 Å². The normalized spacial score (nSPS) is 22.6. The first-order valence-corrected chi connectivity index (χ1v) is 13.4. The molecule has 34 heavy (non-hydrogen) atoms. The van der Waals surface area contributed by atoms with Crippen molar-refractivity contribution in [3.8, 4) is 0 Å². The first kappa shape index (κ1) is 21.8. The zero-order valence-corrected chi connectivity index (χ0v) is 21.0. The van der Waals surface area contributed by atoms with Gasteiger partial charge in [0.15, 0.2) is 0 Å². The number of likely N-dealkylation sites (N-methyl/N-ethyl adjacent to an activating group) is 1. The highest BCUT2D eigenvalue weighted by molar-refractivity contribution is 7.13. The standard InChI is InChI=1S/C29H34N4S/c1-21-18-27-29(34-21)28(33-15-12-24(20-33)22-6-4-3-5-7-22)19-26(31(27)2)23-8-10-25(11-9-23)32-16-13-30-14-17-32/h3-11,18-19,24,26,30H,12-17,20H2,1-2H3. The van der Waals surface area contributed by atoms with Crippen LogP contribution in [0.25, 0.3) is 5.70 Å². The second-order valence-corrected chi connectivity index (χ2v) is 11.1. The third kappa shape index (κ3) is 4.01. The number of hydrogen-bond acceptors (Lipinski definition) is 5. The third-order valence-electron chi connectivity index (χ3n) is 7.70.